The van der Waals surface area contributed by atoms with Gasteiger partial charge in [-0.1, -0.05) is 5.21 Å². The first-order valence-electron chi connectivity index (χ1n) is 7.98. The number of hydrogen-bond acceptors (Lipinski definition) is 9. The predicted molar refractivity (Wildman–Crippen MR) is 106 cm³/mol. The third kappa shape index (κ3) is 3.82. The fourth-order valence-electron chi connectivity index (χ4n) is 2.93. The zero-order chi connectivity index (χ0) is 17.4. The van der Waals surface area contributed by atoms with Crippen LogP contribution in [0.25, 0.3) is 5.70 Å². The van der Waals surface area contributed by atoms with Gasteiger partial charge in [0, 0.05) is 31.4 Å². The van der Waals surface area contributed by atoms with Crippen LogP contribution in [-0.2, 0) is 4.79 Å². The zero-order valence-electron chi connectivity index (χ0n) is 14.8. The number of anilines is 2. The number of aromatic nitrogens is 5. The van der Waals surface area contributed by atoms with Crippen LogP contribution in [0.5, 0.6) is 0 Å². The lowest BCUT2D eigenvalue weighted by molar-refractivity contribution is -0.108. The van der Waals surface area contributed by atoms with Gasteiger partial charge in [0.1, 0.15) is 12.1 Å². The lowest BCUT2D eigenvalue weighted by atomic mass is 10.1. The summed E-state index contributed by atoms with van der Waals surface area (Å²) in [6.07, 6.45) is 7.35. The van der Waals surface area contributed by atoms with Gasteiger partial charge in [-0.25, -0.2) is 14.6 Å². The Hall–Kier alpha value is -2.43. The minimum absolute atomic E-state index is 0. The first-order chi connectivity index (χ1) is 12.2. The molecule has 0 aliphatic carbocycles. The first-order valence-corrected chi connectivity index (χ1v) is 7.98. The summed E-state index contributed by atoms with van der Waals surface area (Å²) in [5.41, 5.74) is 3.76. The Balaban J connectivity index is 0.00000131. The molecule has 0 spiro atoms. The topological polar surface area (TPSA) is 95.3 Å². The van der Waals surface area contributed by atoms with E-state index >= 15 is 0 Å². The smallest absolute Gasteiger partial charge is 0.153 e. The molecule has 0 aromatic carbocycles. The third-order valence-electron chi connectivity index (χ3n) is 4.55. The molecule has 1 atom stereocenters. The molecule has 2 aliphatic rings. The van der Waals surface area contributed by atoms with Gasteiger partial charge in [0.25, 0.3) is 0 Å². The van der Waals surface area contributed by atoms with Crippen molar-refractivity contribution in [1.82, 2.24) is 35.3 Å². The van der Waals surface area contributed by atoms with Gasteiger partial charge < -0.3 is 20.0 Å². The van der Waals surface area contributed by atoms with Gasteiger partial charge in [-0.3, -0.25) is 5.01 Å². The number of likely N-dealkylation sites (N-methyl/N-ethyl adjacent to an activating group) is 1. The normalized spacial score (nSPS) is 18.9. The molecule has 12 heteroatoms. The maximum atomic E-state index is 11.7. The molecular formula is C15H21Cl2N9O. The summed E-state index contributed by atoms with van der Waals surface area (Å²) in [6.45, 7) is 1.85. The van der Waals surface area contributed by atoms with E-state index in [-0.39, 0.29) is 24.8 Å². The van der Waals surface area contributed by atoms with Crippen molar-refractivity contribution in [1.29, 1.82) is 0 Å². The second-order valence-electron chi connectivity index (χ2n) is 6.25. The Morgan fingerprint density at radius 2 is 1.96 bits per heavy atom. The average molecular weight is 414 g/mol. The molecule has 4 heterocycles. The number of rotatable bonds is 5. The van der Waals surface area contributed by atoms with Gasteiger partial charge in [0.2, 0.25) is 0 Å². The van der Waals surface area contributed by atoms with E-state index in [1.54, 1.807) is 28.3 Å². The van der Waals surface area contributed by atoms with E-state index in [4.69, 9.17) is 0 Å². The predicted octanol–water partition coefficient (Wildman–Crippen LogP) is 0.0526. The van der Waals surface area contributed by atoms with Crippen molar-refractivity contribution < 1.29 is 4.79 Å². The number of carbonyl (C=O) groups is 1. The SMILES string of the molecule is CN(C)C1CN(c2cc(N3NC=C(n4ccnn4)C3C=O)ncn2)C1.Cl.Cl. The molecule has 4 rings (SSSR count). The summed E-state index contributed by atoms with van der Waals surface area (Å²) in [4.78, 5) is 24.7. The van der Waals surface area contributed by atoms with E-state index in [0.29, 0.717) is 17.6 Å². The number of hydrogen-bond donors (Lipinski definition) is 1. The van der Waals surface area contributed by atoms with Gasteiger partial charge in [0.05, 0.1) is 18.1 Å². The van der Waals surface area contributed by atoms with E-state index < -0.39 is 6.04 Å². The van der Waals surface area contributed by atoms with Crippen molar-refractivity contribution in [3.05, 3.63) is 31.0 Å². The Kier molecular flexibility index (Phi) is 6.58. The largest absolute Gasteiger partial charge is 0.353 e. The van der Waals surface area contributed by atoms with Crippen LogP contribution in [-0.4, -0.2) is 75.4 Å². The van der Waals surface area contributed by atoms with Crippen LogP contribution >= 0.6 is 24.8 Å². The van der Waals surface area contributed by atoms with E-state index in [1.165, 1.54) is 6.33 Å². The number of hydrazine groups is 1. The fourth-order valence-corrected chi connectivity index (χ4v) is 2.93. The highest BCUT2D eigenvalue weighted by Crippen LogP contribution is 2.27. The van der Waals surface area contributed by atoms with Gasteiger partial charge >= 0.3 is 0 Å². The molecule has 2 aromatic heterocycles. The maximum absolute atomic E-state index is 11.7. The summed E-state index contributed by atoms with van der Waals surface area (Å²) < 4.78 is 1.56. The van der Waals surface area contributed by atoms with Crippen molar-refractivity contribution in [2.24, 2.45) is 0 Å². The molecule has 2 aliphatic heterocycles. The molecule has 2 aromatic rings. The monoisotopic (exact) mass is 413 g/mol. The summed E-state index contributed by atoms with van der Waals surface area (Å²) in [5, 5.41) is 9.42. The van der Waals surface area contributed by atoms with Crippen LogP contribution in [0.1, 0.15) is 0 Å². The van der Waals surface area contributed by atoms with Crippen LogP contribution in [0.4, 0.5) is 11.6 Å². The highest BCUT2D eigenvalue weighted by molar-refractivity contribution is 5.85. The second-order valence-corrected chi connectivity index (χ2v) is 6.25. The summed E-state index contributed by atoms with van der Waals surface area (Å²) in [6, 6.07) is 1.87. The first kappa shape index (κ1) is 20.9. The van der Waals surface area contributed by atoms with Crippen LogP contribution in [0.2, 0.25) is 0 Å². The highest BCUT2D eigenvalue weighted by Gasteiger charge is 2.33. The van der Waals surface area contributed by atoms with E-state index in [1.807, 2.05) is 6.07 Å². The molecule has 10 nitrogen and oxygen atoms in total. The summed E-state index contributed by atoms with van der Waals surface area (Å²) >= 11 is 0. The van der Waals surface area contributed by atoms with Gasteiger partial charge in [-0.05, 0) is 14.1 Å². The molecule has 1 N–H and O–H groups in total. The molecule has 146 valence electrons. The molecular weight excluding hydrogens is 393 g/mol. The van der Waals surface area contributed by atoms with Crippen molar-refractivity contribution in [2.45, 2.75) is 12.1 Å². The zero-order valence-corrected chi connectivity index (χ0v) is 16.5. The molecule has 0 amide bonds. The second kappa shape index (κ2) is 8.51. The van der Waals surface area contributed by atoms with Crippen molar-refractivity contribution in [3.63, 3.8) is 0 Å². The minimum atomic E-state index is -0.546. The van der Waals surface area contributed by atoms with Gasteiger partial charge in [0.15, 0.2) is 18.1 Å². The molecule has 27 heavy (non-hydrogen) atoms. The van der Waals surface area contributed by atoms with Crippen molar-refractivity contribution in [3.8, 4) is 0 Å². The van der Waals surface area contributed by atoms with Crippen molar-refractivity contribution in [2.75, 3.05) is 37.1 Å². The summed E-state index contributed by atoms with van der Waals surface area (Å²) in [5.74, 6) is 1.48. The Bertz CT molecular complexity index is 792. The molecule has 0 bridgehead atoms. The molecule has 1 fully saturated rings. The number of halogens is 2. The Labute approximate surface area is 169 Å². The number of carbonyl (C=O) groups excluding carboxylic acids is 1. The number of nitrogens with zero attached hydrogens (tertiary/aromatic N) is 8. The maximum Gasteiger partial charge on any atom is 0.153 e. The number of aldehydes is 1. The Morgan fingerprint density at radius 3 is 2.59 bits per heavy atom. The lowest BCUT2D eigenvalue weighted by Crippen LogP contribution is -2.57. The molecule has 1 saturated heterocycles. The van der Waals surface area contributed by atoms with E-state index in [9.17, 15) is 4.79 Å². The number of nitrogens with one attached hydrogen (secondary N) is 1. The van der Waals surface area contributed by atoms with Crippen LogP contribution in [0.15, 0.2) is 31.0 Å². The van der Waals surface area contributed by atoms with Gasteiger partial charge in [-0.2, -0.15) is 0 Å². The van der Waals surface area contributed by atoms with Crippen molar-refractivity contribution >= 4 is 48.4 Å². The van der Waals surface area contributed by atoms with Crippen LogP contribution < -0.4 is 15.3 Å². The third-order valence-corrected chi connectivity index (χ3v) is 4.55. The van der Waals surface area contributed by atoms with E-state index in [0.717, 1.165) is 25.2 Å². The Morgan fingerprint density at radius 1 is 1.22 bits per heavy atom. The minimum Gasteiger partial charge on any atom is -0.353 e. The molecule has 1 unspecified atom stereocenters. The van der Waals surface area contributed by atoms with Crippen LogP contribution in [0, 0.1) is 0 Å². The van der Waals surface area contributed by atoms with E-state index in [2.05, 4.69) is 49.6 Å². The quantitative estimate of drug-likeness (QED) is 0.681. The highest BCUT2D eigenvalue weighted by atomic mass is 35.5. The molecule has 0 saturated carbocycles. The molecule has 0 radical (unpaired) electrons. The van der Waals surface area contributed by atoms with Crippen LogP contribution in [0.3, 0.4) is 0 Å². The lowest BCUT2D eigenvalue weighted by Gasteiger charge is -2.43. The summed E-state index contributed by atoms with van der Waals surface area (Å²) in [7, 11) is 4.15. The average Bonchev–Trinajstić information content (AvgIpc) is 3.22. The standard InChI is InChI=1S/C15H19N9O.2ClH/c1-21(2)11-7-22(8-11)14-5-15(17-10-16-14)24-13(9-25)12(6-19-24)23-4-3-18-20-23;;/h3-6,9-11,13,19H,7-8H2,1-2H3;2*1H. The van der Waals surface area contributed by atoms with Gasteiger partial charge in [-0.15, -0.1) is 29.9 Å². The fraction of sp³-hybridized carbons (Fsp3) is 0.400.